The average Bonchev–Trinajstić information content (AvgIpc) is 2.33. The van der Waals surface area contributed by atoms with Gasteiger partial charge in [-0.1, -0.05) is 19.9 Å². The van der Waals surface area contributed by atoms with E-state index in [2.05, 4.69) is 9.71 Å². The van der Waals surface area contributed by atoms with Gasteiger partial charge >= 0.3 is 6.18 Å². The third-order valence-electron chi connectivity index (χ3n) is 3.16. The first kappa shape index (κ1) is 18.1. The minimum absolute atomic E-state index is 0.297. The van der Waals surface area contributed by atoms with Crippen molar-refractivity contribution in [3.05, 3.63) is 30.1 Å². The third-order valence-corrected chi connectivity index (χ3v) is 4.72. The van der Waals surface area contributed by atoms with E-state index >= 15 is 0 Å². The van der Waals surface area contributed by atoms with Gasteiger partial charge in [0, 0.05) is 17.3 Å². The predicted molar refractivity (Wildman–Crippen MR) is 78.1 cm³/mol. The van der Waals surface area contributed by atoms with Crippen molar-refractivity contribution in [2.45, 2.75) is 57.0 Å². The number of pyridine rings is 1. The van der Waals surface area contributed by atoms with Crippen molar-refractivity contribution in [1.29, 1.82) is 0 Å². The van der Waals surface area contributed by atoms with Crippen LogP contribution in [0, 0.1) is 0 Å². The molecular formula is C14H21F3N2OS. The monoisotopic (exact) mass is 322 g/mol. The van der Waals surface area contributed by atoms with Gasteiger partial charge in [0.05, 0.1) is 15.7 Å². The largest absolute Gasteiger partial charge is 0.405 e. The first-order valence-electron chi connectivity index (χ1n) is 6.53. The van der Waals surface area contributed by atoms with E-state index in [1.165, 1.54) is 20.0 Å². The van der Waals surface area contributed by atoms with E-state index in [1.807, 2.05) is 0 Å². The number of hydrogen-bond acceptors (Lipinski definition) is 2. The second-order valence-corrected chi connectivity index (χ2v) is 8.41. The summed E-state index contributed by atoms with van der Waals surface area (Å²) in [5, 5.41) is 0. The second-order valence-electron chi connectivity index (χ2n) is 6.41. The Morgan fingerprint density at radius 1 is 1.14 bits per heavy atom. The van der Waals surface area contributed by atoms with Crippen LogP contribution < -0.4 is 4.72 Å². The van der Waals surface area contributed by atoms with Gasteiger partial charge in [0.1, 0.15) is 6.04 Å². The first-order chi connectivity index (χ1) is 9.37. The zero-order chi connectivity index (χ0) is 16.5. The summed E-state index contributed by atoms with van der Waals surface area (Å²) in [6.45, 7) is 7.76. The normalized spacial score (nSPS) is 16.6. The van der Waals surface area contributed by atoms with Crippen molar-refractivity contribution in [1.82, 2.24) is 9.71 Å². The highest BCUT2D eigenvalue weighted by molar-refractivity contribution is 7.84. The Kier molecular flexibility index (Phi) is 5.21. The molecule has 1 aromatic heterocycles. The van der Waals surface area contributed by atoms with Crippen LogP contribution in [0.5, 0.6) is 0 Å². The van der Waals surface area contributed by atoms with Crippen LogP contribution >= 0.6 is 0 Å². The SMILES string of the molecule is CC(C)(c1ccccn1)[C@H](NS(=O)C(C)(C)C)C(F)(F)F. The zero-order valence-electron chi connectivity index (χ0n) is 12.8. The summed E-state index contributed by atoms with van der Waals surface area (Å²) < 4.78 is 53.8. The number of nitrogens with zero attached hydrogens (tertiary/aromatic N) is 1. The van der Waals surface area contributed by atoms with Crippen molar-refractivity contribution in [3.8, 4) is 0 Å². The van der Waals surface area contributed by atoms with Crippen LogP contribution in [0.4, 0.5) is 13.2 Å². The molecule has 0 saturated carbocycles. The fraction of sp³-hybridized carbons (Fsp3) is 0.643. The van der Waals surface area contributed by atoms with E-state index in [0.717, 1.165) is 0 Å². The molecule has 1 aromatic rings. The Morgan fingerprint density at radius 2 is 1.71 bits per heavy atom. The molecule has 1 unspecified atom stereocenters. The minimum Gasteiger partial charge on any atom is -0.261 e. The quantitative estimate of drug-likeness (QED) is 0.924. The van der Waals surface area contributed by atoms with E-state index in [9.17, 15) is 17.4 Å². The summed E-state index contributed by atoms with van der Waals surface area (Å²) in [5.41, 5.74) is -1.05. The Balaban J connectivity index is 3.18. The molecule has 0 bridgehead atoms. The molecule has 1 N–H and O–H groups in total. The lowest BCUT2D eigenvalue weighted by Gasteiger charge is -2.36. The lowest BCUT2D eigenvalue weighted by molar-refractivity contribution is -0.164. The van der Waals surface area contributed by atoms with Gasteiger partial charge in [-0.25, -0.2) is 8.93 Å². The molecule has 21 heavy (non-hydrogen) atoms. The van der Waals surface area contributed by atoms with Gasteiger partial charge < -0.3 is 0 Å². The smallest absolute Gasteiger partial charge is 0.261 e. The van der Waals surface area contributed by atoms with Crippen molar-refractivity contribution in [2.24, 2.45) is 0 Å². The lowest BCUT2D eigenvalue weighted by Crippen LogP contribution is -2.57. The molecule has 0 fully saturated rings. The van der Waals surface area contributed by atoms with Gasteiger partial charge in [-0.2, -0.15) is 13.2 Å². The Hall–Kier alpha value is -0.950. The molecule has 0 radical (unpaired) electrons. The second kappa shape index (κ2) is 6.04. The standard InChI is InChI=1S/C14H21F3N2OS/c1-12(2,3)21(20)19-11(14(15,16)17)13(4,5)10-8-6-7-9-18-10/h6-9,11,19H,1-5H3/t11-,21?/m0/s1. The van der Waals surface area contributed by atoms with Crippen LogP contribution in [0.2, 0.25) is 0 Å². The number of nitrogens with one attached hydrogen (secondary N) is 1. The zero-order valence-corrected chi connectivity index (χ0v) is 13.6. The van der Waals surface area contributed by atoms with Crippen LogP contribution in [0.15, 0.2) is 24.4 Å². The minimum atomic E-state index is -4.54. The first-order valence-corrected chi connectivity index (χ1v) is 7.68. The van der Waals surface area contributed by atoms with E-state index in [1.54, 1.807) is 39.0 Å². The predicted octanol–water partition coefficient (Wildman–Crippen LogP) is 3.34. The average molecular weight is 322 g/mol. The van der Waals surface area contributed by atoms with E-state index in [-0.39, 0.29) is 0 Å². The molecule has 120 valence electrons. The molecule has 0 aliphatic carbocycles. The number of aromatic nitrogens is 1. The van der Waals surface area contributed by atoms with Gasteiger partial charge in [0.2, 0.25) is 0 Å². The Labute approximate surface area is 125 Å². The summed E-state index contributed by atoms with van der Waals surface area (Å²) >= 11 is 0. The highest BCUT2D eigenvalue weighted by Crippen LogP contribution is 2.36. The van der Waals surface area contributed by atoms with Crippen molar-refractivity contribution < 1.29 is 17.4 Å². The van der Waals surface area contributed by atoms with Gasteiger partial charge in [0.25, 0.3) is 0 Å². The van der Waals surface area contributed by atoms with Gasteiger partial charge in [-0.05, 0) is 32.9 Å². The molecule has 1 rings (SSSR count). The van der Waals surface area contributed by atoms with Gasteiger partial charge in [0.15, 0.2) is 0 Å². The van der Waals surface area contributed by atoms with Crippen molar-refractivity contribution in [3.63, 3.8) is 0 Å². The number of halogens is 3. The van der Waals surface area contributed by atoms with E-state index in [0.29, 0.717) is 5.69 Å². The highest BCUT2D eigenvalue weighted by atomic mass is 32.2. The van der Waals surface area contributed by atoms with Crippen LogP contribution in [-0.2, 0) is 16.4 Å². The highest BCUT2D eigenvalue weighted by Gasteiger charge is 2.51. The molecule has 3 nitrogen and oxygen atoms in total. The molecule has 0 amide bonds. The molecule has 1 heterocycles. The maximum Gasteiger partial charge on any atom is 0.405 e. The van der Waals surface area contributed by atoms with E-state index < -0.39 is 33.4 Å². The molecule has 7 heteroatoms. The van der Waals surface area contributed by atoms with Crippen LogP contribution in [0.3, 0.4) is 0 Å². The fourth-order valence-electron chi connectivity index (χ4n) is 1.80. The number of alkyl halides is 3. The van der Waals surface area contributed by atoms with Crippen LogP contribution in [-0.4, -0.2) is 26.2 Å². The number of rotatable bonds is 4. The molecule has 0 spiro atoms. The Morgan fingerprint density at radius 3 is 2.10 bits per heavy atom. The van der Waals surface area contributed by atoms with Crippen LogP contribution in [0.1, 0.15) is 40.3 Å². The topological polar surface area (TPSA) is 42.0 Å². The number of hydrogen-bond donors (Lipinski definition) is 1. The third kappa shape index (κ3) is 4.51. The van der Waals surface area contributed by atoms with Gasteiger partial charge in [-0.15, -0.1) is 0 Å². The maximum atomic E-state index is 13.4. The van der Waals surface area contributed by atoms with Crippen LogP contribution in [0.25, 0.3) is 0 Å². The molecule has 0 aromatic carbocycles. The molecule has 2 atom stereocenters. The maximum absolute atomic E-state index is 13.4. The fourth-order valence-corrected chi connectivity index (χ4v) is 2.79. The Bertz CT molecular complexity index is 495. The summed E-state index contributed by atoms with van der Waals surface area (Å²) in [7, 11) is -1.83. The summed E-state index contributed by atoms with van der Waals surface area (Å²) in [4.78, 5) is 4.02. The summed E-state index contributed by atoms with van der Waals surface area (Å²) in [6.07, 6.45) is -3.09. The molecule has 0 aliphatic rings. The molecular weight excluding hydrogens is 301 g/mol. The summed E-state index contributed by atoms with van der Waals surface area (Å²) in [5.74, 6) is 0. The lowest BCUT2D eigenvalue weighted by atomic mass is 9.81. The van der Waals surface area contributed by atoms with E-state index in [4.69, 9.17) is 0 Å². The summed E-state index contributed by atoms with van der Waals surface area (Å²) in [6, 6.07) is 2.86. The van der Waals surface area contributed by atoms with Crippen molar-refractivity contribution >= 4 is 11.0 Å². The van der Waals surface area contributed by atoms with Gasteiger partial charge in [-0.3, -0.25) is 4.98 Å². The molecule has 0 aliphatic heterocycles. The van der Waals surface area contributed by atoms with Crippen molar-refractivity contribution in [2.75, 3.05) is 0 Å². The molecule has 0 saturated heterocycles.